The summed E-state index contributed by atoms with van der Waals surface area (Å²) in [6, 6.07) is 7.98. The van der Waals surface area contributed by atoms with Gasteiger partial charge in [-0.15, -0.1) is 0 Å². The third-order valence-corrected chi connectivity index (χ3v) is 3.04. The van der Waals surface area contributed by atoms with Crippen molar-refractivity contribution >= 4 is 15.9 Å². The molecule has 1 aromatic heterocycles. The van der Waals surface area contributed by atoms with Gasteiger partial charge in [-0.25, -0.2) is 4.98 Å². The normalized spacial score (nSPS) is 10.6. The fourth-order valence-electron chi connectivity index (χ4n) is 1.46. The molecule has 84 valence electrons. The van der Waals surface area contributed by atoms with Crippen LogP contribution in [0.1, 0.15) is 17.1 Å². The summed E-state index contributed by atoms with van der Waals surface area (Å²) in [5, 5.41) is 8.77. The van der Waals surface area contributed by atoms with E-state index >= 15 is 0 Å². The largest absolute Gasteiger partial charge is 0.448 e. The molecule has 2 aromatic rings. The van der Waals surface area contributed by atoms with Gasteiger partial charge in [0, 0.05) is 17.5 Å². The molecule has 0 radical (unpaired) electrons. The number of hydrogen-bond donors (Lipinski definition) is 1. The first-order valence-corrected chi connectivity index (χ1v) is 5.86. The maximum atomic E-state index is 8.77. The van der Waals surface area contributed by atoms with Gasteiger partial charge in [-0.1, -0.05) is 34.1 Å². The van der Waals surface area contributed by atoms with Crippen LogP contribution in [0.4, 0.5) is 0 Å². The smallest absolute Gasteiger partial charge is 0.198 e. The standard InChI is InChI=1S/C12H12BrNO2/c13-11-4-2-1-3-9(11)7-12-14-10(5-6-15)8-16-12/h1-4,8,15H,5-7H2. The number of aliphatic hydroxyl groups is 1. The average molecular weight is 282 g/mol. The fraction of sp³-hybridized carbons (Fsp3) is 0.250. The van der Waals surface area contributed by atoms with Crippen molar-refractivity contribution in [3.63, 3.8) is 0 Å². The van der Waals surface area contributed by atoms with Crippen molar-refractivity contribution in [2.24, 2.45) is 0 Å². The fourth-order valence-corrected chi connectivity index (χ4v) is 1.89. The number of nitrogens with zero attached hydrogens (tertiary/aromatic N) is 1. The zero-order valence-electron chi connectivity index (χ0n) is 8.69. The van der Waals surface area contributed by atoms with E-state index in [2.05, 4.69) is 20.9 Å². The van der Waals surface area contributed by atoms with E-state index < -0.39 is 0 Å². The molecule has 1 aromatic carbocycles. The van der Waals surface area contributed by atoms with Crippen LogP contribution in [0.25, 0.3) is 0 Å². The minimum atomic E-state index is 0.0982. The van der Waals surface area contributed by atoms with Crippen molar-refractivity contribution in [1.82, 2.24) is 4.98 Å². The molecule has 0 saturated carbocycles. The van der Waals surface area contributed by atoms with E-state index in [-0.39, 0.29) is 6.61 Å². The highest BCUT2D eigenvalue weighted by molar-refractivity contribution is 9.10. The van der Waals surface area contributed by atoms with Crippen LogP contribution in [-0.2, 0) is 12.8 Å². The molecule has 1 heterocycles. The number of hydrogen-bond acceptors (Lipinski definition) is 3. The Morgan fingerprint density at radius 1 is 1.31 bits per heavy atom. The van der Waals surface area contributed by atoms with Gasteiger partial charge in [0.1, 0.15) is 6.26 Å². The highest BCUT2D eigenvalue weighted by Gasteiger charge is 2.06. The lowest BCUT2D eigenvalue weighted by Gasteiger charge is -1.99. The van der Waals surface area contributed by atoms with E-state index in [0.29, 0.717) is 18.7 Å². The molecule has 16 heavy (non-hydrogen) atoms. The molecule has 3 nitrogen and oxygen atoms in total. The first-order chi connectivity index (χ1) is 7.79. The topological polar surface area (TPSA) is 46.3 Å². The van der Waals surface area contributed by atoms with Crippen LogP contribution in [0.2, 0.25) is 0 Å². The van der Waals surface area contributed by atoms with Gasteiger partial charge in [-0.3, -0.25) is 0 Å². The van der Waals surface area contributed by atoms with Gasteiger partial charge < -0.3 is 9.52 Å². The number of oxazole rings is 1. The van der Waals surface area contributed by atoms with E-state index in [4.69, 9.17) is 9.52 Å². The molecule has 1 N–H and O–H groups in total. The molecule has 0 fully saturated rings. The Bertz CT molecular complexity index is 468. The number of halogens is 1. The van der Waals surface area contributed by atoms with Crippen molar-refractivity contribution in [1.29, 1.82) is 0 Å². The molecular formula is C12H12BrNO2. The molecule has 0 aliphatic rings. The molecule has 0 spiro atoms. The van der Waals surface area contributed by atoms with Gasteiger partial charge in [0.15, 0.2) is 5.89 Å². The second-order valence-electron chi connectivity index (χ2n) is 3.47. The molecule has 0 aliphatic heterocycles. The van der Waals surface area contributed by atoms with Crippen LogP contribution >= 0.6 is 15.9 Å². The predicted molar refractivity (Wildman–Crippen MR) is 64.2 cm³/mol. The molecule has 0 amide bonds. The molecule has 0 unspecified atom stereocenters. The van der Waals surface area contributed by atoms with Crippen LogP contribution in [0.5, 0.6) is 0 Å². The highest BCUT2D eigenvalue weighted by Crippen LogP contribution is 2.19. The van der Waals surface area contributed by atoms with Crippen LogP contribution in [-0.4, -0.2) is 16.7 Å². The lowest BCUT2D eigenvalue weighted by Crippen LogP contribution is -1.93. The highest BCUT2D eigenvalue weighted by atomic mass is 79.9. The third-order valence-electron chi connectivity index (χ3n) is 2.27. The first kappa shape index (κ1) is 11.4. The third kappa shape index (κ3) is 2.71. The number of benzene rings is 1. The van der Waals surface area contributed by atoms with Crippen LogP contribution in [0.15, 0.2) is 39.4 Å². The Labute approximate surface area is 102 Å². The maximum absolute atomic E-state index is 8.77. The van der Waals surface area contributed by atoms with Crippen LogP contribution in [0, 0.1) is 0 Å². The van der Waals surface area contributed by atoms with Gasteiger partial charge >= 0.3 is 0 Å². The molecule has 4 heteroatoms. The zero-order chi connectivity index (χ0) is 11.4. The molecule has 0 atom stereocenters. The van der Waals surface area contributed by atoms with Gasteiger partial charge in [0.05, 0.1) is 12.1 Å². The predicted octanol–water partition coefficient (Wildman–Crippen LogP) is 2.56. The summed E-state index contributed by atoms with van der Waals surface area (Å²) in [5.74, 6) is 0.676. The molecule has 2 rings (SSSR count). The second kappa shape index (κ2) is 5.27. The summed E-state index contributed by atoms with van der Waals surface area (Å²) in [7, 11) is 0. The summed E-state index contributed by atoms with van der Waals surface area (Å²) in [5.41, 5.74) is 1.93. The maximum Gasteiger partial charge on any atom is 0.198 e. The van der Waals surface area contributed by atoms with Crippen molar-refractivity contribution in [3.05, 3.63) is 52.1 Å². The monoisotopic (exact) mass is 281 g/mol. The van der Waals surface area contributed by atoms with Crippen molar-refractivity contribution in [2.45, 2.75) is 12.8 Å². The SMILES string of the molecule is OCCc1coc(Cc2ccccc2Br)n1. The average Bonchev–Trinajstić information content (AvgIpc) is 2.70. The lowest BCUT2D eigenvalue weighted by atomic mass is 10.1. The Morgan fingerprint density at radius 3 is 2.88 bits per heavy atom. The number of aromatic nitrogens is 1. The minimum absolute atomic E-state index is 0.0982. The van der Waals surface area contributed by atoms with Crippen LogP contribution in [0.3, 0.4) is 0 Å². The Balaban J connectivity index is 2.11. The van der Waals surface area contributed by atoms with E-state index in [1.54, 1.807) is 6.26 Å². The van der Waals surface area contributed by atoms with E-state index in [9.17, 15) is 0 Å². The van der Waals surface area contributed by atoms with Crippen molar-refractivity contribution in [2.75, 3.05) is 6.61 Å². The van der Waals surface area contributed by atoms with E-state index in [0.717, 1.165) is 15.7 Å². The summed E-state index contributed by atoms with van der Waals surface area (Å²) in [4.78, 5) is 4.29. The molecular weight excluding hydrogens is 270 g/mol. The first-order valence-electron chi connectivity index (χ1n) is 5.07. The van der Waals surface area contributed by atoms with Crippen molar-refractivity contribution in [3.8, 4) is 0 Å². The summed E-state index contributed by atoms with van der Waals surface area (Å²) in [6.07, 6.45) is 2.80. The lowest BCUT2D eigenvalue weighted by molar-refractivity contribution is 0.298. The number of rotatable bonds is 4. The Hall–Kier alpha value is -1.13. The van der Waals surface area contributed by atoms with Gasteiger partial charge in [0.25, 0.3) is 0 Å². The van der Waals surface area contributed by atoms with Gasteiger partial charge in [-0.05, 0) is 11.6 Å². The van der Waals surface area contributed by atoms with Crippen molar-refractivity contribution < 1.29 is 9.52 Å². The summed E-state index contributed by atoms with van der Waals surface area (Å²) < 4.78 is 6.39. The van der Waals surface area contributed by atoms with E-state index in [1.165, 1.54) is 0 Å². The molecule has 0 saturated heterocycles. The van der Waals surface area contributed by atoms with E-state index in [1.807, 2.05) is 24.3 Å². The summed E-state index contributed by atoms with van der Waals surface area (Å²) >= 11 is 3.48. The Kier molecular flexibility index (Phi) is 3.74. The van der Waals surface area contributed by atoms with Gasteiger partial charge in [-0.2, -0.15) is 0 Å². The molecule has 0 aliphatic carbocycles. The van der Waals surface area contributed by atoms with Crippen LogP contribution < -0.4 is 0 Å². The van der Waals surface area contributed by atoms with Gasteiger partial charge in [0.2, 0.25) is 0 Å². The number of aliphatic hydroxyl groups excluding tert-OH is 1. The minimum Gasteiger partial charge on any atom is -0.448 e. The zero-order valence-corrected chi connectivity index (χ0v) is 10.3. The quantitative estimate of drug-likeness (QED) is 0.937. The molecule has 0 bridgehead atoms. The Morgan fingerprint density at radius 2 is 2.12 bits per heavy atom. The summed E-state index contributed by atoms with van der Waals surface area (Å²) in [6.45, 7) is 0.0982. The second-order valence-corrected chi connectivity index (χ2v) is 4.33.